The summed E-state index contributed by atoms with van der Waals surface area (Å²) in [5.74, 6) is -1.16. The summed E-state index contributed by atoms with van der Waals surface area (Å²) in [4.78, 5) is 37.7. The maximum Gasteiger partial charge on any atom is 0.338 e. The van der Waals surface area contributed by atoms with E-state index in [1.807, 2.05) is 18.4 Å². The van der Waals surface area contributed by atoms with Crippen LogP contribution in [0, 0.1) is 0 Å². The minimum Gasteiger partial charge on any atom is -0.452 e. The third-order valence-corrected chi connectivity index (χ3v) is 4.15. The van der Waals surface area contributed by atoms with Crippen LogP contribution in [0.1, 0.15) is 23.2 Å². The fourth-order valence-corrected chi connectivity index (χ4v) is 2.26. The molecule has 0 aliphatic heterocycles. The number of thioether (sulfide) groups is 1. The van der Waals surface area contributed by atoms with Crippen molar-refractivity contribution in [3.63, 3.8) is 0 Å². The number of amides is 2. The molecule has 7 heteroatoms. The number of carbonyl (C=O) groups is 3. The molecule has 2 rings (SSSR count). The van der Waals surface area contributed by atoms with Gasteiger partial charge in [0.05, 0.1) is 12.1 Å². The third-order valence-electron chi connectivity index (χ3n) is 3.40. The van der Waals surface area contributed by atoms with E-state index >= 15 is 0 Å². The molecule has 0 saturated heterocycles. The highest BCUT2D eigenvalue weighted by molar-refractivity contribution is 7.98. The number of hydrogen-bond donors (Lipinski definition) is 1. The Kier molecular flexibility index (Phi) is 6.04. The largest absolute Gasteiger partial charge is 0.452 e. The molecular formula is C16H20N2O4S. The summed E-state index contributed by atoms with van der Waals surface area (Å²) in [6.45, 7) is -0.411. The molecule has 0 radical (unpaired) electrons. The highest BCUT2D eigenvalue weighted by Crippen LogP contribution is 2.18. The topological polar surface area (TPSA) is 75.7 Å². The first-order valence-electron chi connectivity index (χ1n) is 7.34. The molecule has 1 aliphatic rings. The molecule has 0 heterocycles. The molecule has 2 amide bonds. The van der Waals surface area contributed by atoms with E-state index in [0.29, 0.717) is 5.56 Å². The lowest BCUT2D eigenvalue weighted by Crippen LogP contribution is -2.40. The van der Waals surface area contributed by atoms with Crippen LogP contribution in [0.25, 0.3) is 0 Å². The van der Waals surface area contributed by atoms with Crippen LogP contribution in [0.2, 0.25) is 0 Å². The summed E-state index contributed by atoms with van der Waals surface area (Å²) in [7, 11) is 1.51. The molecule has 1 aliphatic carbocycles. The van der Waals surface area contributed by atoms with E-state index in [1.54, 1.807) is 23.9 Å². The van der Waals surface area contributed by atoms with Gasteiger partial charge in [0.1, 0.15) is 0 Å². The fraction of sp³-hybridized carbons (Fsp3) is 0.438. The van der Waals surface area contributed by atoms with Crippen LogP contribution in [0.5, 0.6) is 0 Å². The summed E-state index contributed by atoms with van der Waals surface area (Å²) >= 11 is 1.57. The molecule has 1 aromatic carbocycles. The van der Waals surface area contributed by atoms with Crippen molar-refractivity contribution in [1.29, 1.82) is 0 Å². The Hall–Kier alpha value is -2.02. The Bertz CT molecular complexity index is 584. The second-order valence-electron chi connectivity index (χ2n) is 5.40. The van der Waals surface area contributed by atoms with E-state index in [-0.39, 0.29) is 25.1 Å². The Morgan fingerprint density at radius 3 is 2.48 bits per heavy atom. The minimum atomic E-state index is -0.554. The number of carbonyl (C=O) groups excluding carboxylic acids is 3. The van der Waals surface area contributed by atoms with E-state index in [9.17, 15) is 14.4 Å². The summed E-state index contributed by atoms with van der Waals surface area (Å²) < 4.78 is 4.99. The highest BCUT2D eigenvalue weighted by Gasteiger charge is 2.24. The Balaban J connectivity index is 1.75. The van der Waals surface area contributed by atoms with Gasteiger partial charge in [-0.1, -0.05) is 0 Å². The molecule has 0 bridgehead atoms. The molecule has 0 aromatic heterocycles. The number of hydrogen-bond acceptors (Lipinski definition) is 5. The number of likely N-dealkylation sites (N-methyl/N-ethyl adjacent to an activating group) is 1. The lowest BCUT2D eigenvalue weighted by Gasteiger charge is -2.16. The molecule has 1 N–H and O–H groups in total. The molecule has 6 nitrogen and oxygen atoms in total. The normalized spacial score (nSPS) is 13.3. The van der Waals surface area contributed by atoms with Crippen molar-refractivity contribution in [2.75, 3.05) is 26.5 Å². The van der Waals surface area contributed by atoms with Gasteiger partial charge in [0.2, 0.25) is 5.91 Å². The highest BCUT2D eigenvalue weighted by atomic mass is 32.2. The number of nitrogens with zero attached hydrogens (tertiary/aromatic N) is 1. The van der Waals surface area contributed by atoms with E-state index in [0.717, 1.165) is 17.7 Å². The lowest BCUT2D eigenvalue weighted by atomic mass is 10.2. The van der Waals surface area contributed by atoms with E-state index < -0.39 is 11.9 Å². The Morgan fingerprint density at radius 2 is 1.91 bits per heavy atom. The van der Waals surface area contributed by atoms with Crippen molar-refractivity contribution >= 4 is 29.5 Å². The van der Waals surface area contributed by atoms with Gasteiger partial charge in [-0.25, -0.2) is 4.79 Å². The Morgan fingerprint density at radius 1 is 1.26 bits per heavy atom. The maximum atomic E-state index is 11.9. The van der Waals surface area contributed by atoms with E-state index in [2.05, 4.69) is 5.32 Å². The van der Waals surface area contributed by atoms with Crippen LogP contribution in [0.15, 0.2) is 29.2 Å². The van der Waals surface area contributed by atoms with Crippen molar-refractivity contribution in [2.24, 2.45) is 0 Å². The van der Waals surface area contributed by atoms with Gasteiger partial charge in [-0.15, -0.1) is 11.8 Å². The standard InChI is InChI=1S/C16H20N2O4S/c1-18(9-14(19)17-12-5-6-12)15(20)10-22-16(21)11-3-7-13(23-2)8-4-11/h3-4,7-8,12H,5-6,9-10H2,1-2H3,(H,17,19). The molecule has 1 fully saturated rings. The van der Waals surface area contributed by atoms with Gasteiger partial charge in [0, 0.05) is 18.0 Å². The predicted octanol–water partition coefficient (Wildman–Crippen LogP) is 1.30. The molecular weight excluding hydrogens is 316 g/mol. The van der Waals surface area contributed by atoms with Gasteiger partial charge < -0.3 is 15.0 Å². The first-order chi connectivity index (χ1) is 11.0. The van der Waals surface area contributed by atoms with Gasteiger partial charge in [-0.05, 0) is 43.4 Å². The lowest BCUT2D eigenvalue weighted by molar-refractivity contribution is -0.137. The number of esters is 1. The number of rotatable bonds is 7. The molecule has 0 unspecified atom stereocenters. The zero-order valence-corrected chi connectivity index (χ0v) is 14.0. The maximum absolute atomic E-state index is 11.9. The smallest absolute Gasteiger partial charge is 0.338 e. The summed E-state index contributed by atoms with van der Waals surface area (Å²) in [5.41, 5.74) is 0.393. The number of benzene rings is 1. The van der Waals surface area contributed by atoms with Crippen LogP contribution in [-0.4, -0.2) is 55.2 Å². The molecule has 124 valence electrons. The first-order valence-corrected chi connectivity index (χ1v) is 8.56. The Labute approximate surface area is 139 Å². The van der Waals surface area contributed by atoms with Crippen LogP contribution >= 0.6 is 11.8 Å². The van der Waals surface area contributed by atoms with Crippen molar-refractivity contribution in [3.8, 4) is 0 Å². The second kappa shape index (κ2) is 8.01. The molecule has 1 saturated carbocycles. The van der Waals surface area contributed by atoms with Crippen molar-refractivity contribution < 1.29 is 19.1 Å². The number of ether oxygens (including phenoxy) is 1. The van der Waals surface area contributed by atoms with Gasteiger partial charge in [-0.2, -0.15) is 0 Å². The van der Waals surface area contributed by atoms with Crippen LogP contribution < -0.4 is 5.32 Å². The summed E-state index contributed by atoms with van der Waals surface area (Å²) in [6, 6.07) is 7.21. The van der Waals surface area contributed by atoms with Gasteiger partial charge in [0.15, 0.2) is 6.61 Å². The zero-order chi connectivity index (χ0) is 16.8. The molecule has 0 spiro atoms. The SMILES string of the molecule is CSc1ccc(C(=O)OCC(=O)N(C)CC(=O)NC2CC2)cc1. The third kappa shape index (κ3) is 5.59. The predicted molar refractivity (Wildman–Crippen MR) is 87.3 cm³/mol. The van der Waals surface area contributed by atoms with Crippen LogP contribution in [0.3, 0.4) is 0 Å². The van der Waals surface area contributed by atoms with E-state index in [1.165, 1.54) is 11.9 Å². The molecule has 1 aromatic rings. The number of nitrogens with one attached hydrogen (secondary N) is 1. The molecule has 0 atom stereocenters. The molecule has 23 heavy (non-hydrogen) atoms. The van der Waals surface area contributed by atoms with Crippen LogP contribution in [0.4, 0.5) is 0 Å². The summed E-state index contributed by atoms with van der Waals surface area (Å²) in [6.07, 6.45) is 3.94. The second-order valence-corrected chi connectivity index (χ2v) is 6.28. The van der Waals surface area contributed by atoms with Gasteiger partial charge >= 0.3 is 5.97 Å². The quantitative estimate of drug-likeness (QED) is 0.600. The van der Waals surface area contributed by atoms with E-state index in [4.69, 9.17) is 4.74 Å². The average Bonchev–Trinajstić information content (AvgIpc) is 3.35. The van der Waals surface area contributed by atoms with Crippen LogP contribution in [-0.2, 0) is 14.3 Å². The minimum absolute atomic E-state index is 0.0324. The summed E-state index contributed by atoms with van der Waals surface area (Å²) in [5, 5.41) is 2.80. The van der Waals surface area contributed by atoms with Gasteiger partial charge in [0.25, 0.3) is 5.91 Å². The van der Waals surface area contributed by atoms with Crippen molar-refractivity contribution in [1.82, 2.24) is 10.2 Å². The first kappa shape index (κ1) is 17.3. The monoisotopic (exact) mass is 336 g/mol. The average molecular weight is 336 g/mol. The fourth-order valence-electron chi connectivity index (χ4n) is 1.85. The van der Waals surface area contributed by atoms with Crippen molar-refractivity contribution in [2.45, 2.75) is 23.8 Å². The van der Waals surface area contributed by atoms with Gasteiger partial charge in [-0.3, -0.25) is 9.59 Å². The zero-order valence-electron chi connectivity index (χ0n) is 13.2. The van der Waals surface area contributed by atoms with Crippen molar-refractivity contribution in [3.05, 3.63) is 29.8 Å².